The number of fused-ring (bicyclic) bond motifs is 5. The second kappa shape index (κ2) is 10.1. The van der Waals surface area contributed by atoms with Crippen molar-refractivity contribution in [2.24, 2.45) is 17.3 Å². The molecule has 1 saturated carbocycles. The van der Waals surface area contributed by atoms with Gasteiger partial charge in [-0.25, -0.2) is 4.98 Å². The topological polar surface area (TPSA) is 91.4 Å². The van der Waals surface area contributed by atoms with E-state index in [0.29, 0.717) is 37.9 Å². The zero-order valence-corrected chi connectivity index (χ0v) is 22.8. The van der Waals surface area contributed by atoms with Crippen LogP contribution in [-0.2, 0) is 0 Å². The highest BCUT2D eigenvalue weighted by Crippen LogP contribution is 2.64. The van der Waals surface area contributed by atoms with Gasteiger partial charge in [-0.1, -0.05) is 36.8 Å². The van der Waals surface area contributed by atoms with Crippen LogP contribution in [-0.4, -0.2) is 47.2 Å². The minimum Gasteiger partial charge on any atom is -0.393 e. The number of nitrogens with two attached hydrogens (primary N) is 1. The summed E-state index contributed by atoms with van der Waals surface area (Å²) in [4.78, 5) is 4.13. The monoisotopic (exact) mass is 541 g/mol. The van der Waals surface area contributed by atoms with E-state index in [1.54, 1.807) is 12.3 Å². The number of rotatable bonds is 1. The van der Waals surface area contributed by atoms with Crippen molar-refractivity contribution in [2.75, 3.05) is 19.8 Å². The number of aliphatic hydroxyl groups is 2. The minimum atomic E-state index is -4.56. The maximum Gasteiger partial charge on any atom is 0.413 e. The van der Waals surface area contributed by atoms with E-state index < -0.39 is 28.9 Å². The number of nitrogens with one attached hydrogen (secondary N) is 1. The fourth-order valence-electron chi connectivity index (χ4n) is 7.56. The predicted molar refractivity (Wildman–Crippen MR) is 149 cm³/mol. The Morgan fingerprint density at radius 2 is 1.87 bits per heavy atom. The molecule has 5 N–H and O–H groups in total. The molecule has 1 heterocycles. The van der Waals surface area contributed by atoms with E-state index in [1.807, 2.05) is 51.4 Å². The lowest BCUT2D eigenvalue weighted by Crippen LogP contribution is -2.51. The number of aromatic nitrogens is 1. The Bertz CT molecular complexity index is 1360. The molecule has 2 aromatic rings. The first kappa shape index (κ1) is 27.9. The van der Waals surface area contributed by atoms with Crippen LogP contribution in [0.15, 0.2) is 59.3 Å². The summed E-state index contributed by atoms with van der Waals surface area (Å²) < 4.78 is 43.9. The molecular weight excluding hydrogens is 503 g/mol. The number of nitrogen functional groups attached to an aromatic ring is 1. The van der Waals surface area contributed by atoms with Crippen molar-refractivity contribution >= 4 is 22.2 Å². The van der Waals surface area contributed by atoms with Crippen LogP contribution in [0.25, 0.3) is 16.3 Å². The predicted octanol–water partition coefficient (Wildman–Crippen LogP) is 5.94. The fraction of sp³-hybridized carbons (Fsp3) is 0.516. The summed E-state index contributed by atoms with van der Waals surface area (Å²) in [5.41, 5.74) is 5.54. The third-order valence-corrected chi connectivity index (χ3v) is 9.35. The minimum absolute atomic E-state index is 0.0380. The van der Waals surface area contributed by atoms with Crippen molar-refractivity contribution in [1.29, 1.82) is 0 Å². The first-order chi connectivity index (χ1) is 18.4. The van der Waals surface area contributed by atoms with E-state index in [2.05, 4.69) is 10.3 Å². The van der Waals surface area contributed by atoms with E-state index in [0.717, 1.165) is 33.9 Å². The molecule has 1 fully saturated rings. The zero-order valence-electron chi connectivity index (χ0n) is 22.8. The van der Waals surface area contributed by atoms with E-state index in [1.165, 1.54) is 0 Å². The smallest absolute Gasteiger partial charge is 0.393 e. The van der Waals surface area contributed by atoms with Gasteiger partial charge in [-0.3, -0.25) is 0 Å². The molecule has 0 amide bonds. The van der Waals surface area contributed by atoms with Gasteiger partial charge in [-0.15, -0.1) is 0 Å². The number of hydrogen-bond acceptors (Lipinski definition) is 5. The van der Waals surface area contributed by atoms with Crippen molar-refractivity contribution in [2.45, 2.75) is 69.8 Å². The molecule has 5 atom stereocenters. The van der Waals surface area contributed by atoms with Crippen molar-refractivity contribution < 1.29 is 23.4 Å². The largest absolute Gasteiger partial charge is 0.413 e. The summed E-state index contributed by atoms with van der Waals surface area (Å²) in [5, 5.41) is 26.9. The molecule has 8 heteroatoms. The maximum atomic E-state index is 14.6. The van der Waals surface area contributed by atoms with Gasteiger partial charge in [-0.05, 0) is 99.2 Å². The van der Waals surface area contributed by atoms with Crippen LogP contribution in [0.3, 0.4) is 0 Å². The molecule has 0 bridgehead atoms. The van der Waals surface area contributed by atoms with Gasteiger partial charge in [0.05, 0.1) is 11.7 Å². The Morgan fingerprint density at radius 1 is 1.13 bits per heavy atom. The number of allylic oxidation sites excluding steroid dienone is 3. The van der Waals surface area contributed by atoms with Gasteiger partial charge in [0.1, 0.15) is 5.82 Å². The molecule has 4 aliphatic rings. The van der Waals surface area contributed by atoms with Gasteiger partial charge in [0, 0.05) is 28.5 Å². The number of nitrogens with zero attached hydrogens (tertiary/aromatic N) is 1. The Hall–Kier alpha value is -2.68. The Morgan fingerprint density at radius 3 is 2.59 bits per heavy atom. The molecule has 0 radical (unpaired) electrons. The summed E-state index contributed by atoms with van der Waals surface area (Å²) in [6, 6.07) is 7.60. The normalized spacial score (nSPS) is 32.3. The molecule has 1 aromatic carbocycles. The van der Waals surface area contributed by atoms with Gasteiger partial charge < -0.3 is 21.3 Å². The van der Waals surface area contributed by atoms with E-state index in [-0.39, 0.29) is 23.8 Å². The number of benzene rings is 1. The molecule has 0 aliphatic heterocycles. The average Bonchev–Trinajstić information content (AvgIpc) is 3.15. The van der Waals surface area contributed by atoms with Crippen molar-refractivity contribution in [1.82, 2.24) is 10.3 Å². The van der Waals surface area contributed by atoms with E-state index in [4.69, 9.17) is 5.73 Å². The van der Waals surface area contributed by atoms with Crippen LogP contribution < -0.4 is 11.1 Å². The number of anilines is 1. The van der Waals surface area contributed by atoms with Crippen LogP contribution >= 0.6 is 0 Å². The number of halogens is 3. The van der Waals surface area contributed by atoms with Crippen LogP contribution in [0.1, 0.15) is 57.4 Å². The molecule has 0 spiro atoms. The lowest BCUT2D eigenvalue weighted by molar-refractivity contribution is -0.113. The van der Waals surface area contributed by atoms with Crippen molar-refractivity contribution in [3.63, 3.8) is 0 Å². The number of alkyl halides is 3. The lowest BCUT2D eigenvalue weighted by atomic mass is 9.56. The van der Waals surface area contributed by atoms with Crippen molar-refractivity contribution in [3.8, 4) is 0 Å². The molecule has 39 heavy (non-hydrogen) atoms. The highest BCUT2D eigenvalue weighted by Gasteiger charge is 2.60. The van der Waals surface area contributed by atoms with Crippen LogP contribution in [0.4, 0.5) is 19.0 Å². The summed E-state index contributed by atoms with van der Waals surface area (Å²) in [5.74, 6) is 0.173. The standard InChI is InChI=1S/C29H31F3N2O2.C2H7N/c1-27-15-24(29(30,31)32)23-14-19-13-20(35)4-2-16(19)8-10-28(23,36)25(27)7-6-22(27)18-3-5-21-17(12-18)9-11-34-26(21)33;1-3-2/h3,5-6,9,11-12,14,16,20,25,35-36H,2,4,7-8,10,13,15H2,1H3,(H2,33,34);3H,1-2H3/t16?,20?,25?,27?,28-;/m1./s1. The Labute approximate surface area is 227 Å². The van der Waals surface area contributed by atoms with Gasteiger partial charge >= 0.3 is 6.18 Å². The highest BCUT2D eigenvalue weighted by molar-refractivity contribution is 5.93. The van der Waals surface area contributed by atoms with Crippen LogP contribution in [0.2, 0.25) is 0 Å². The number of pyridine rings is 1. The molecular formula is C31H38F3N3O2. The molecule has 4 unspecified atom stereocenters. The zero-order chi connectivity index (χ0) is 28.2. The third kappa shape index (κ3) is 4.70. The van der Waals surface area contributed by atoms with Crippen LogP contribution in [0.5, 0.6) is 0 Å². The first-order valence-electron chi connectivity index (χ1n) is 13.8. The van der Waals surface area contributed by atoms with E-state index >= 15 is 0 Å². The average molecular weight is 542 g/mol. The molecule has 210 valence electrons. The number of hydrogen-bond donors (Lipinski definition) is 4. The summed E-state index contributed by atoms with van der Waals surface area (Å²) in [6.45, 7) is 1.89. The second-order valence-electron chi connectivity index (χ2n) is 11.8. The Balaban J connectivity index is 0.000000983. The summed E-state index contributed by atoms with van der Waals surface area (Å²) >= 11 is 0. The number of aliphatic hydroxyl groups excluding tert-OH is 1. The van der Waals surface area contributed by atoms with Gasteiger partial charge in [0.25, 0.3) is 0 Å². The lowest BCUT2D eigenvalue weighted by Gasteiger charge is -2.50. The van der Waals surface area contributed by atoms with Gasteiger partial charge in [-0.2, -0.15) is 13.2 Å². The van der Waals surface area contributed by atoms with Gasteiger partial charge in [0.2, 0.25) is 0 Å². The Kier molecular flexibility index (Phi) is 7.19. The molecule has 6 rings (SSSR count). The molecule has 5 nitrogen and oxygen atoms in total. The molecule has 1 aromatic heterocycles. The quantitative estimate of drug-likeness (QED) is 0.359. The van der Waals surface area contributed by atoms with Crippen LogP contribution in [0, 0.1) is 17.3 Å². The second-order valence-corrected chi connectivity index (χ2v) is 11.8. The fourth-order valence-corrected chi connectivity index (χ4v) is 7.56. The SMILES string of the molecule is CC12CC(C(F)(F)F)=C3C=C4CC(O)CCC4CC[C@]3(O)C1CC=C2c1ccc2c(N)nccc2c1.CNC. The molecule has 0 saturated heterocycles. The van der Waals surface area contributed by atoms with Gasteiger partial charge in [0.15, 0.2) is 0 Å². The third-order valence-electron chi connectivity index (χ3n) is 9.35. The highest BCUT2D eigenvalue weighted by atomic mass is 19.4. The van der Waals surface area contributed by atoms with Crippen molar-refractivity contribution in [3.05, 3.63) is 64.9 Å². The first-order valence-corrected chi connectivity index (χ1v) is 13.8. The maximum absolute atomic E-state index is 14.6. The molecule has 4 aliphatic carbocycles. The summed E-state index contributed by atoms with van der Waals surface area (Å²) in [7, 11) is 3.75. The van der Waals surface area contributed by atoms with E-state index in [9.17, 15) is 23.4 Å². The summed E-state index contributed by atoms with van der Waals surface area (Å²) in [6.07, 6.45) is 3.24.